The topological polar surface area (TPSA) is 0 Å². The van der Waals surface area contributed by atoms with E-state index in [1.54, 1.807) is 0 Å². The SMILES string of the molecule is [Cl][Zr][PH](C(=Cc1ccccc1)c1ccccc1)(c1ccccc1)c1ccccc1. The van der Waals surface area contributed by atoms with Crippen molar-refractivity contribution in [2.75, 3.05) is 0 Å². The summed E-state index contributed by atoms with van der Waals surface area (Å²) < 4.78 is -2.28. The monoisotopic (exact) mass is 490 g/mol. The Kier molecular flexibility index (Phi) is 6.94. The van der Waals surface area contributed by atoms with Crippen LogP contribution in [0.2, 0.25) is 0 Å². The van der Waals surface area contributed by atoms with E-state index in [2.05, 4.69) is 127 Å². The maximum absolute atomic E-state index is 7.10. The summed E-state index contributed by atoms with van der Waals surface area (Å²) in [5.41, 5.74) is 2.50. The Bertz CT molecular complexity index is 1030. The molecule has 0 spiro atoms. The van der Waals surface area contributed by atoms with Crippen LogP contribution in [-0.2, 0) is 21.5 Å². The second kappa shape index (κ2) is 9.82. The van der Waals surface area contributed by atoms with Crippen molar-refractivity contribution in [2.24, 2.45) is 0 Å². The van der Waals surface area contributed by atoms with Crippen LogP contribution in [0.15, 0.2) is 121 Å². The van der Waals surface area contributed by atoms with Crippen molar-refractivity contribution in [3.05, 3.63) is 132 Å². The molecule has 0 fully saturated rings. The van der Waals surface area contributed by atoms with Gasteiger partial charge in [0.25, 0.3) is 0 Å². The molecule has 0 heterocycles. The van der Waals surface area contributed by atoms with E-state index in [1.807, 2.05) is 0 Å². The molecule has 4 aromatic carbocycles. The van der Waals surface area contributed by atoms with Crippen LogP contribution in [0, 0.1) is 0 Å². The first kappa shape index (κ1) is 20.5. The fourth-order valence-electron chi connectivity index (χ4n) is 3.76. The van der Waals surface area contributed by atoms with Gasteiger partial charge in [-0.2, -0.15) is 0 Å². The molecule has 0 aliphatic heterocycles. The van der Waals surface area contributed by atoms with Gasteiger partial charge in [-0.15, -0.1) is 0 Å². The summed E-state index contributed by atoms with van der Waals surface area (Å²) in [7, 11) is 7.10. The molecule has 29 heavy (non-hydrogen) atoms. The molecule has 0 aliphatic rings. The van der Waals surface area contributed by atoms with E-state index in [0.29, 0.717) is 0 Å². The molecule has 0 amide bonds. The first-order valence-corrected chi connectivity index (χ1v) is 18.5. The van der Waals surface area contributed by atoms with Crippen LogP contribution in [0.25, 0.3) is 11.4 Å². The Labute approximate surface area is 188 Å². The van der Waals surface area contributed by atoms with Crippen molar-refractivity contribution < 1.29 is 21.5 Å². The van der Waals surface area contributed by atoms with Gasteiger partial charge in [-0.25, -0.2) is 0 Å². The minimum atomic E-state index is -2.28. The number of rotatable bonds is 6. The molecule has 0 N–H and O–H groups in total. The van der Waals surface area contributed by atoms with Crippen LogP contribution >= 0.6 is 13.1 Å². The first-order chi connectivity index (χ1) is 14.3. The standard InChI is InChI=1S/C26H21P.ClH.Zr/c1-5-13-22(14-6-1)21-26(23-15-7-2-8-16-23)27(24-17-9-3-10-18-24)25-19-11-4-12-20-25;;/h1-21H;1H;. The van der Waals surface area contributed by atoms with Crippen molar-refractivity contribution in [1.29, 1.82) is 0 Å². The summed E-state index contributed by atoms with van der Waals surface area (Å²) in [5.74, 6) is 0. The second-order valence-electron chi connectivity index (χ2n) is 6.91. The molecule has 0 saturated carbocycles. The number of benzene rings is 4. The molecule has 0 saturated heterocycles. The number of halogens is 1. The Morgan fingerprint density at radius 1 is 0.586 bits per heavy atom. The molecule has 0 atom stereocenters. The predicted molar refractivity (Wildman–Crippen MR) is 127 cm³/mol. The van der Waals surface area contributed by atoms with Crippen LogP contribution in [0.4, 0.5) is 0 Å². The fourth-order valence-corrected chi connectivity index (χ4v) is 19.5. The molecule has 3 heteroatoms. The Morgan fingerprint density at radius 3 is 1.45 bits per heavy atom. The normalized spacial score (nSPS) is 12.4. The van der Waals surface area contributed by atoms with Gasteiger partial charge in [-0.3, -0.25) is 0 Å². The van der Waals surface area contributed by atoms with E-state index in [-0.39, 0.29) is 0 Å². The van der Waals surface area contributed by atoms with E-state index in [9.17, 15) is 0 Å². The summed E-state index contributed by atoms with van der Waals surface area (Å²) in [6, 6.07) is 43.3. The van der Waals surface area contributed by atoms with Crippen LogP contribution in [0.3, 0.4) is 0 Å². The van der Waals surface area contributed by atoms with Gasteiger partial charge < -0.3 is 0 Å². The Balaban J connectivity index is 2.05. The summed E-state index contributed by atoms with van der Waals surface area (Å²) >= 11 is -1.28. The maximum atomic E-state index is 7.10. The Hall–Kier alpha value is -1.78. The van der Waals surface area contributed by atoms with Gasteiger partial charge in [-0.1, -0.05) is 0 Å². The first-order valence-electron chi connectivity index (χ1n) is 9.66. The van der Waals surface area contributed by atoms with Gasteiger partial charge in [0.1, 0.15) is 0 Å². The number of hydrogen-bond donors (Lipinski definition) is 0. The van der Waals surface area contributed by atoms with Crippen LogP contribution in [0.1, 0.15) is 11.1 Å². The van der Waals surface area contributed by atoms with E-state index in [0.717, 1.165) is 0 Å². The molecular formula is C26H22ClPZr. The third kappa shape index (κ3) is 4.39. The zero-order chi connectivity index (χ0) is 19.9. The Morgan fingerprint density at radius 2 is 1.00 bits per heavy atom. The van der Waals surface area contributed by atoms with Gasteiger partial charge in [0.2, 0.25) is 0 Å². The van der Waals surface area contributed by atoms with Gasteiger partial charge in [0, 0.05) is 0 Å². The van der Waals surface area contributed by atoms with E-state index in [4.69, 9.17) is 8.51 Å². The molecule has 0 bridgehead atoms. The molecule has 142 valence electrons. The molecule has 4 aromatic rings. The predicted octanol–water partition coefficient (Wildman–Crippen LogP) is 6.74. The quantitative estimate of drug-likeness (QED) is 0.207. The van der Waals surface area contributed by atoms with Crippen molar-refractivity contribution >= 4 is 35.1 Å². The molecule has 0 unspecified atom stereocenters. The van der Waals surface area contributed by atoms with E-state index in [1.165, 1.54) is 27.1 Å². The van der Waals surface area contributed by atoms with E-state index >= 15 is 0 Å². The fraction of sp³-hybridized carbons (Fsp3) is 0. The average Bonchev–Trinajstić information content (AvgIpc) is 2.82. The number of hydrogen-bond acceptors (Lipinski definition) is 0. The van der Waals surface area contributed by atoms with Crippen molar-refractivity contribution in [2.45, 2.75) is 0 Å². The van der Waals surface area contributed by atoms with Crippen molar-refractivity contribution in [3.8, 4) is 0 Å². The van der Waals surface area contributed by atoms with Crippen molar-refractivity contribution in [3.63, 3.8) is 0 Å². The van der Waals surface area contributed by atoms with Gasteiger partial charge in [-0.05, 0) is 0 Å². The third-order valence-corrected chi connectivity index (χ3v) is 22.4. The molecule has 0 aromatic heterocycles. The van der Waals surface area contributed by atoms with Gasteiger partial charge >= 0.3 is 189 Å². The zero-order valence-electron chi connectivity index (χ0n) is 16.0. The summed E-state index contributed by atoms with van der Waals surface area (Å²) in [6.07, 6.45) is 2.38. The minimum absolute atomic E-state index is 1.22. The molecular weight excluding hydrogens is 470 g/mol. The van der Waals surface area contributed by atoms with Crippen LogP contribution in [-0.4, -0.2) is 0 Å². The third-order valence-electron chi connectivity index (χ3n) is 5.15. The summed E-state index contributed by atoms with van der Waals surface area (Å²) in [5, 5.41) is 4.21. The second-order valence-corrected chi connectivity index (χ2v) is 20.6. The van der Waals surface area contributed by atoms with Crippen molar-refractivity contribution in [1.82, 2.24) is 0 Å². The van der Waals surface area contributed by atoms with Gasteiger partial charge in [0.15, 0.2) is 0 Å². The summed E-state index contributed by atoms with van der Waals surface area (Å²) in [4.78, 5) is 0. The average molecular weight is 492 g/mol. The van der Waals surface area contributed by atoms with Crippen LogP contribution < -0.4 is 10.6 Å². The van der Waals surface area contributed by atoms with Crippen LogP contribution in [0.5, 0.6) is 0 Å². The molecule has 4 rings (SSSR count). The van der Waals surface area contributed by atoms with Gasteiger partial charge in [0.05, 0.1) is 0 Å². The molecule has 0 radical (unpaired) electrons. The zero-order valence-corrected chi connectivity index (χ0v) is 20.2. The molecule has 0 aliphatic carbocycles. The van der Waals surface area contributed by atoms with E-state index < -0.39 is 26.0 Å². The molecule has 0 nitrogen and oxygen atoms in total. The summed E-state index contributed by atoms with van der Waals surface area (Å²) in [6.45, 7) is 0.